The first-order valence-corrected chi connectivity index (χ1v) is 10.9. The maximum Gasteiger partial charge on any atom is 0.387 e. The Balaban J connectivity index is 1.47. The van der Waals surface area contributed by atoms with E-state index in [1.807, 2.05) is 12.1 Å². The lowest BCUT2D eigenvalue weighted by Crippen LogP contribution is -2.20. The van der Waals surface area contributed by atoms with Gasteiger partial charge in [-0.25, -0.2) is 9.37 Å². The average molecular weight is 451 g/mol. The lowest BCUT2D eigenvalue weighted by Gasteiger charge is -2.25. The number of imidazole rings is 1. The lowest BCUT2D eigenvalue weighted by atomic mass is 10.0. The number of pyridine rings is 2. The van der Waals surface area contributed by atoms with Crippen LogP contribution in [0.2, 0.25) is 0 Å². The van der Waals surface area contributed by atoms with Gasteiger partial charge in [0, 0.05) is 53.2 Å². The van der Waals surface area contributed by atoms with Crippen LogP contribution < -0.4 is 4.74 Å². The van der Waals surface area contributed by atoms with Gasteiger partial charge in [0.15, 0.2) is 0 Å². The van der Waals surface area contributed by atoms with Crippen molar-refractivity contribution in [2.75, 3.05) is 6.61 Å². The highest BCUT2D eigenvalue weighted by Gasteiger charge is 2.31. The van der Waals surface area contributed by atoms with Gasteiger partial charge >= 0.3 is 6.61 Å². The summed E-state index contributed by atoms with van der Waals surface area (Å²) in [7, 11) is 0. The number of hydrogen-bond acceptors (Lipinski definition) is 4. The topological polar surface area (TPSA) is 48.7 Å². The standard InChI is InChI=1S/C25H20F3N3O2/c26-18-11-22-30-20-9-10-32-24(16-3-1-2-4-21(16)33-25(27)28)23(20)31(22)13-17(18)15-7-8-19(29-12-15)14-5-6-14/h1-4,7-8,11-14,24-25H,5-6,9-10H2/t24-/m1/s1. The second-order valence-corrected chi connectivity index (χ2v) is 8.37. The highest BCUT2D eigenvalue weighted by molar-refractivity contribution is 5.66. The van der Waals surface area contributed by atoms with Gasteiger partial charge in [0.25, 0.3) is 0 Å². The van der Waals surface area contributed by atoms with Crippen LogP contribution in [-0.4, -0.2) is 27.6 Å². The van der Waals surface area contributed by atoms with Gasteiger partial charge in [-0.05, 0) is 25.0 Å². The van der Waals surface area contributed by atoms with Crippen LogP contribution in [-0.2, 0) is 11.2 Å². The molecule has 0 unspecified atom stereocenters. The minimum atomic E-state index is -2.96. The summed E-state index contributed by atoms with van der Waals surface area (Å²) < 4.78 is 53.6. The molecule has 1 aromatic carbocycles. The Hall–Kier alpha value is -3.39. The van der Waals surface area contributed by atoms with Crippen LogP contribution in [0.5, 0.6) is 5.75 Å². The number of ether oxygens (including phenoxy) is 2. The maximum atomic E-state index is 15.1. The number of halogens is 3. The summed E-state index contributed by atoms with van der Waals surface area (Å²) in [6, 6.07) is 11.8. The summed E-state index contributed by atoms with van der Waals surface area (Å²) >= 11 is 0. The van der Waals surface area contributed by atoms with Crippen molar-refractivity contribution >= 4 is 5.65 Å². The van der Waals surface area contributed by atoms with Crippen LogP contribution >= 0.6 is 0 Å². The molecule has 0 bridgehead atoms. The zero-order valence-corrected chi connectivity index (χ0v) is 17.5. The van der Waals surface area contributed by atoms with Gasteiger partial charge in [0.05, 0.1) is 18.0 Å². The van der Waals surface area contributed by atoms with Crippen molar-refractivity contribution in [2.45, 2.75) is 37.9 Å². The Labute approximate surface area is 187 Å². The molecule has 1 aliphatic heterocycles. The number of hydrogen-bond donors (Lipinski definition) is 0. The molecule has 0 saturated heterocycles. The fraction of sp³-hybridized carbons (Fsp3) is 0.280. The fourth-order valence-electron chi connectivity index (χ4n) is 4.48. The summed E-state index contributed by atoms with van der Waals surface area (Å²) in [6.07, 6.45) is 5.54. The quantitative estimate of drug-likeness (QED) is 0.392. The van der Waals surface area contributed by atoms with Gasteiger partial charge in [0.2, 0.25) is 0 Å². The average Bonchev–Trinajstić information content (AvgIpc) is 3.60. The van der Waals surface area contributed by atoms with Crippen molar-refractivity contribution in [3.8, 4) is 16.9 Å². The van der Waals surface area contributed by atoms with Crippen molar-refractivity contribution < 1.29 is 22.6 Å². The Morgan fingerprint density at radius 2 is 1.97 bits per heavy atom. The van der Waals surface area contributed by atoms with Gasteiger partial charge in [-0.1, -0.05) is 24.3 Å². The van der Waals surface area contributed by atoms with Gasteiger partial charge in [0.1, 0.15) is 23.3 Å². The van der Waals surface area contributed by atoms with Crippen molar-refractivity contribution in [2.24, 2.45) is 0 Å². The number of para-hydroxylation sites is 1. The Morgan fingerprint density at radius 1 is 1.12 bits per heavy atom. The molecule has 1 aliphatic carbocycles. The molecule has 6 rings (SSSR count). The lowest BCUT2D eigenvalue weighted by molar-refractivity contribution is -0.0522. The first kappa shape index (κ1) is 20.2. The summed E-state index contributed by atoms with van der Waals surface area (Å²) in [6.45, 7) is -2.59. The molecule has 0 amide bonds. The zero-order chi connectivity index (χ0) is 22.5. The number of rotatable bonds is 5. The van der Waals surface area contributed by atoms with Gasteiger partial charge in [-0.15, -0.1) is 0 Å². The molecule has 33 heavy (non-hydrogen) atoms. The summed E-state index contributed by atoms with van der Waals surface area (Å²) in [5.41, 5.74) is 4.43. The molecule has 0 spiro atoms. The van der Waals surface area contributed by atoms with Crippen LogP contribution in [0.1, 0.15) is 47.5 Å². The summed E-state index contributed by atoms with van der Waals surface area (Å²) in [4.78, 5) is 9.11. The van der Waals surface area contributed by atoms with Crippen molar-refractivity contribution in [3.05, 3.63) is 83.3 Å². The van der Waals surface area contributed by atoms with E-state index in [2.05, 4.69) is 9.97 Å². The molecule has 8 heteroatoms. The summed E-state index contributed by atoms with van der Waals surface area (Å²) in [5, 5.41) is 0. The van der Waals surface area contributed by atoms with E-state index in [1.165, 1.54) is 12.1 Å². The van der Waals surface area contributed by atoms with E-state index in [1.54, 1.807) is 35.0 Å². The van der Waals surface area contributed by atoms with Gasteiger partial charge in [-0.3, -0.25) is 9.38 Å². The van der Waals surface area contributed by atoms with Gasteiger partial charge in [-0.2, -0.15) is 8.78 Å². The van der Waals surface area contributed by atoms with E-state index in [0.717, 1.165) is 24.2 Å². The van der Waals surface area contributed by atoms with Crippen LogP contribution in [0, 0.1) is 5.82 Å². The molecule has 0 radical (unpaired) electrons. The van der Waals surface area contributed by atoms with Crippen LogP contribution in [0.4, 0.5) is 13.2 Å². The van der Waals surface area contributed by atoms with Crippen molar-refractivity contribution in [3.63, 3.8) is 0 Å². The van der Waals surface area contributed by atoms with Crippen LogP contribution in [0.15, 0.2) is 54.9 Å². The van der Waals surface area contributed by atoms with E-state index in [0.29, 0.717) is 47.0 Å². The molecular weight excluding hydrogens is 431 g/mol. The molecule has 1 atom stereocenters. The Bertz CT molecular complexity index is 1330. The second-order valence-electron chi connectivity index (χ2n) is 8.37. The predicted octanol–water partition coefficient (Wildman–Crippen LogP) is 5.68. The number of benzene rings is 1. The molecule has 4 aromatic rings. The number of alkyl halides is 2. The predicted molar refractivity (Wildman–Crippen MR) is 115 cm³/mol. The highest BCUT2D eigenvalue weighted by atomic mass is 19.3. The highest BCUT2D eigenvalue weighted by Crippen LogP contribution is 2.40. The normalized spacial score (nSPS) is 18.0. The zero-order valence-electron chi connectivity index (χ0n) is 17.5. The van der Waals surface area contributed by atoms with E-state index in [4.69, 9.17) is 9.47 Å². The fourth-order valence-corrected chi connectivity index (χ4v) is 4.48. The minimum absolute atomic E-state index is 0.0440. The largest absolute Gasteiger partial charge is 0.434 e. The van der Waals surface area contributed by atoms with Crippen LogP contribution in [0.25, 0.3) is 16.8 Å². The number of aromatic nitrogens is 3. The minimum Gasteiger partial charge on any atom is -0.434 e. The molecule has 4 heterocycles. The maximum absolute atomic E-state index is 15.1. The van der Waals surface area contributed by atoms with E-state index in [9.17, 15) is 8.78 Å². The number of nitrogens with zero attached hydrogens (tertiary/aromatic N) is 3. The molecule has 1 fully saturated rings. The second kappa shape index (κ2) is 7.88. The van der Waals surface area contributed by atoms with E-state index < -0.39 is 18.5 Å². The third kappa shape index (κ3) is 3.64. The van der Waals surface area contributed by atoms with Gasteiger partial charge < -0.3 is 9.47 Å². The van der Waals surface area contributed by atoms with Crippen LogP contribution in [0.3, 0.4) is 0 Å². The van der Waals surface area contributed by atoms with Crippen molar-refractivity contribution in [1.29, 1.82) is 0 Å². The molecule has 3 aromatic heterocycles. The monoisotopic (exact) mass is 451 g/mol. The first-order valence-electron chi connectivity index (χ1n) is 10.9. The third-order valence-corrected chi connectivity index (χ3v) is 6.21. The van der Waals surface area contributed by atoms with E-state index >= 15 is 4.39 Å². The summed E-state index contributed by atoms with van der Waals surface area (Å²) in [5.74, 6) is 0.160. The SMILES string of the molecule is Fc1cc2nc3c(n2cc1-c1ccc(C2CC2)nc1)[C@@H](c1ccccc1OC(F)F)OCC3. The molecule has 2 aliphatic rings. The first-order chi connectivity index (χ1) is 16.1. The molecular formula is C25H20F3N3O2. The molecule has 0 N–H and O–H groups in total. The van der Waals surface area contributed by atoms with E-state index in [-0.39, 0.29) is 5.75 Å². The number of fused-ring (bicyclic) bond motifs is 3. The Morgan fingerprint density at radius 3 is 2.73 bits per heavy atom. The molecule has 1 saturated carbocycles. The third-order valence-electron chi connectivity index (χ3n) is 6.21. The molecule has 168 valence electrons. The molecule has 5 nitrogen and oxygen atoms in total. The van der Waals surface area contributed by atoms with Crippen molar-refractivity contribution in [1.82, 2.24) is 14.4 Å². The Kier molecular flexibility index (Phi) is 4.83. The smallest absolute Gasteiger partial charge is 0.387 e.